The summed E-state index contributed by atoms with van der Waals surface area (Å²) in [7, 11) is 3.07. The maximum atomic E-state index is 11.3. The van der Waals surface area contributed by atoms with E-state index in [2.05, 4.69) is 40.2 Å². The van der Waals surface area contributed by atoms with Gasteiger partial charge in [0.05, 0.1) is 18.4 Å². The van der Waals surface area contributed by atoms with E-state index in [1.807, 2.05) is 0 Å². The third-order valence-electron chi connectivity index (χ3n) is 4.62. The van der Waals surface area contributed by atoms with E-state index in [4.69, 9.17) is 4.74 Å². The minimum Gasteiger partial charge on any atom is -0.469 e. The van der Waals surface area contributed by atoms with Crippen LogP contribution in [0.25, 0.3) is 0 Å². The highest BCUT2D eigenvalue weighted by Gasteiger charge is 2.37. The standard InChI is InChI=1S/C14H27N3O2S2/c1-14(2,21-20)17-9-8-16-7-6-15(10-12(16)11-17)5-4-13(18)19-3/h12,20H,4-11H2,1-3H3. The van der Waals surface area contributed by atoms with Crippen LogP contribution in [0.1, 0.15) is 20.3 Å². The van der Waals surface area contributed by atoms with Crippen LogP contribution in [0, 0.1) is 0 Å². The van der Waals surface area contributed by atoms with Crippen molar-refractivity contribution in [1.29, 1.82) is 0 Å². The van der Waals surface area contributed by atoms with Crippen LogP contribution in [-0.4, -0.2) is 84.5 Å². The Hall–Kier alpha value is 0.0500. The van der Waals surface area contributed by atoms with E-state index >= 15 is 0 Å². The lowest BCUT2D eigenvalue weighted by atomic mass is 10.1. The molecule has 2 heterocycles. The highest BCUT2D eigenvalue weighted by Crippen LogP contribution is 2.33. The third-order valence-corrected chi connectivity index (χ3v) is 6.67. The van der Waals surface area contributed by atoms with Crippen molar-refractivity contribution in [2.24, 2.45) is 0 Å². The van der Waals surface area contributed by atoms with Crippen LogP contribution in [0.4, 0.5) is 0 Å². The van der Waals surface area contributed by atoms with Gasteiger partial charge in [-0.1, -0.05) is 10.8 Å². The second-order valence-corrected chi connectivity index (χ2v) is 8.03. The Balaban J connectivity index is 1.86. The van der Waals surface area contributed by atoms with Crippen LogP contribution >= 0.6 is 22.5 Å². The second kappa shape index (κ2) is 7.55. The van der Waals surface area contributed by atoms with E-state index in [1.54, 1.807) is 10.8 Å². The summed E-state index contributed by atoms with van der Waals surface area (Å²) < 4.78 is 4.73. The van der Waals surface area contributed by atoms with Gasteiger partial charge in [0, 0.05) is 51.9 Å². The maximum Gasteiger partial charge on any atom is 0.306 e. The van der Waals surface area contributed by atoms with Gasteiger partial charge in [0.15, 0.2) is 0 Å². The molecule has 2 aliphatic heterocycles. The summed E-state index contributed by atoms with van der Waals surface area (Å²) in [5, 5.41) is 0. The molecule has 1 atom stereocenters. The van der Waals surface area contributed by atoms with Crippen molar-refractivity contribution in [2.45, 2.75) is 31.2 Å². The van der Waals surface area contributed by atoms with Gasteiger partial charge in [-0.2, -0.15) is 0 Å². The molecule has 7 heteroatoms. The summed E-state index contributed by atoms with van der Waals surface area (Å²) in [6, 6.07) is 0.560. The van der Waals surface area contributed by atoms with Crippen molar-refractivity contribution in [2.75, 3.05) is 52.9 Å². The molecule has 2 rings (SSSR count). The second-order valence-electron chi connectivity index (χ2n) is 6.30. The summed E-state index contributed by atoms with van der Waals surface area (Å²) in [6.07, 6.45) is 0.491. The predicted molar refractivity (Wildman–Crippen MR) is 90.7 cm³/mol. The lowest BCUT2D eigenvalue weighted by Gasteiger charge is -2.50. The Morgan fingerprint density at radius 3 is 2.67 bits per heavy atom. The molecule has 0 aliphatic carbocycles. The Morgan fingerprint density at radius 2 is 2.00 bits per heavy atom. The first-order valence-corrected chi connectivity index (χ1v) is 9.44. The van der Waals surface area contributed by atoms with Crippen molar-refractivity contribution in [3.63, 3.8) is 0 Å². The zero-order chi connectivity index (χ0) is 15.5. The zero-order valence-corrected chi connectivity index (χ0v) is 15.0. The molecule has 2 saturated heterocycles. The van der Waals surface area contributed by atoms with Gasteiger partial charge in [-0.25, -0.2) is 0 Å². The van der Waals surface area contributed by atoms with Crippen LogP contribution in [0.3, 0.4) is 0 Å². The lowest BCUT2D eigenvalue weighted by molar-refractivity contribution is -0.141. The smallest absolute Gasteiger partial charge is 0.306 e. The molecule has 0 radical (unpaired) electrons. The molecule has 5 nitrogen and oxygen atoms in total. The number of piperazine rings is 2. The van der Waals surface area contributed by atoms with Crippen molar-refractivity contribution in [1.82, 2.24) is 14.7 Å². The highest BCUT2D eigenvalue weighted by atomic mass is 33.1. The Bertz CT molecular complexity index is 368. The van der Waals surface area contributed by atoms with Crippen LogP contribution in [0.2, 0.25) is 0 Å². The maximum absolute atomic E-state index is 11.3. The Kier molecular flexibility index (Phi) is 6.25. The number of nitrogens with zero attached hydrogens (tertiary/aromatic N) is 3. The molecule has 0 aromatic heterocycles. The Labute approximate surface area is 137 Å². The minimum absolute atomic E-state index is 0.0729. The molecule has 21 heavy (non-hydrogen) atoms. The third kappa shape index (κ3) is 4.51. The molecule has 2 fully saturated rings. The first-order valence-electron chi connectivity index (χ1n) is 7.57. The average molecular weight is 334 g/mol. The summed E-state index contributed by atoms with van der Waals surface area (Å²) in [6.45, 7) is 11.8. The molecule has 0 spiro atoms. The predicted octanol–water partition coefficient (Wildman–Crippen LogP) is 1.17. The minimum atomic E-state index is -0.115. The fourth-order valence-corrected chi connectivity index (χ4v) is 3.75. The van der Waals surface area contributed by atoms with Crippen molar-refractivity contribution >= 4 is 28.4 Å². The topological polar surface area (TPSA) is 36.0 Å². The monoisotopic (exact) mass is 333 g/mol. The SMILES string of the molecule is COC(=O)CCN1CCN2CCN(C(C)(C)SS)CC2C1. The van der Waals surface area contributed by atoms with E-state index in [1.165, 1.54) is 7.11 Å². The van der Waals surface area contributed by atoms with Gasteiger partial charge >= 0.3 is 5.97 Å². The number of thiol groups is 1. The molecule has 2 aliphatic rings. The number of methoxy groups -OCH3 is 1. The fraction of sp³-hybridized carbons (Fsp3) is 0.929. The first kappa shape index (κ1) is 17.4. The molecule has 0 saturated carbocycles. The molecule has 0 N–H and O–H groups in total. The number of ether oxygens (including phenoxy) is 1. The largest absolute Gasteiger partial charge is 0.469 e. The number of fused-ring (bicyclic) bond motifs is 1. The number of hydrogen-bond acceptors (Lipinski definition) is 7. The van der Waals surface area contributed by atoms with E-state index in [0.717, 1.165) is 45.8 Å². The lowest BCUT2D eigenvalue weighted by Crippen LogP contribution is -2.64. The number of carbonyl (C=O) groups excluding carboxylic acids is 1. The zero-order valence-electron chi connectivity index (χ0n) is 13.2. The molecule has 0 aromatic carbocycles. The Morgan fingerprint density at radius 1 is 1.29 bits per heavy atom. The van der Waals surface area contributed by atoms with E-state index in [0.29, 0.717) is 12.5 Å². The van der Waals surface area contributed by atoms with Crippen LogP contribution < -0.4 is 0 Å². The highest BCUT2D eigenvalue weighted by molar-refractivity contribution is 8.69. The van der Waals surface area contributed by atoms with Gasteiger partial charge in [0.25, 0.3) is 0 Å². The molecular weight excluding hydrogens is 306 g/mol. The summed E-state index contributed by atoms with van der Waals surface area (Å²) in [5.41, 5.74) is 0. The van der Waals surface area contributed by atoms with Gasteiger partial charge in [0.2, 0.25) is 0 Å². The number of carbonyl (C=O) groups is 1. The van der Waals surface area contributed by atoms with Crippen molar-refractivity contribution in [3.8, 4) is 0 Å². The van der Waals surface area contributed by atoms with Crippen molar-refractivity contribution in [3.05, 3.63) is 0 Å². The van der Waals surface area contributed by atoms with Crippen LogP contribution in [0.15, 0.2) is 0 Å². The summed E-state index contributed by atoms with van der Waals surface area (Å²) in [4.78, 5) is 18.9. The van der Waals surface area contributed by atoms with E-state index < -0.39 is 0 Å². The molecule has 0 bridgehead atoms. The van der Waals surface area contributed by atoms with Gasteiger partial charge < -0.3 is 4.74 Å². The average Bonchev–Trinajstić information content (AvgIpc) is 2.51. The van der Waals surface area contributed by atoms with Gasteiger partial charge in [-0.05, 0) is 13.8 Å². The van der Waals surface area contributed by atoms with Crippen molar-refractivity contribution < 1.29 is 9.53 Å². The fourth-order valence-electron chi connectivity index (χ4n) is 3.12. The number of rotatable bonds is 5. The summed E-state index contributed by atoms with van der Waals surface area (Å²) >= 11 is 4.41. The molecular formula is C14H27N3O2S2. The van der Waals surface area contributed by atoms with E-state index in [-0.39, 0.29) is 10.8 Å². The van der Waals surface area contributed by atoms with Gasteiger partial charge in [-0.15, -0.1) is 11.7 Å². The van der Waals surface area contributed by atoms with Crippen LogP contribution in [0.5, 0.6) is 0 Å². The molecule has 0 aromatic rings. The number of esters is 1. The summed E-state index contributed by atoms with van der Waals surface area (Å²) in [5.74, 6) is -0.115. The molecule has 1 unspecified atom stereocenters. The van der Waals surface area contributed by atoms with Gasteiger partial charge in [-0.3, -0.25) is 19.5 Å². The molecule has 122 valence electrons. The first-order chi connectivity index (χ1) is 9.96. The van der Waals surface area contributed by atoms with Gasteiger partial charge in [0.1, 0.15) is 0 Å². The normalized spacial score (nSPS) is 25.6. The van der Waals surface area contributed by atoms with E-state index in [9.17, 15) is 4.79 Å². The van der Waals surface area contributed by atoms with Crippen LogP contribution in [-0.2, 0) is 9.53 Å². The molecule has 0 amide bonds. The quantitative estimate of drug-likeness (QED) is 0.462. The number of hydrogen-bond donors (Lipinski definition) is 1.